The Morgan fingerprint density at radius 1 is 1.53 bits per heavy atom. The molecule has 0 fully saturated rings. The van der Waals surface area contributed by atoms with Gasteiger partial charge in [0.2, 0.25) is 10.0 Å². The molecule has 0 radical (unpaired) electrons. The maximum Gasteiger partial charge on any atom is 0.250 e. The normalized spacial score (nSPS) is 11.9. The van der Waals surface area contributed by atoms with Crippen LogP contribution >= 0.6 is 27.3 Å². The Hall–Kier alpha value is -0.770. The molecule has 0 saturated heterocycles. The maximum absolute atomic E-state index is 12.0. The second-order valence-electron chi connectivity index (χ2n) is 3.94. The van der Waals surface area contributed by atoms with Crippen LogP contribution in [0.15, 0.2) is 26.5 Å². The number of rotatable bonds is 6. The van der Waals surface area contributed by atoms with E-state index in [1.54, 1.807) is 23.1 Å². The second kappa shape index (κ2) is 6.12. The minimum absolute atomic E-state index is 0.331. The molecule has 2 rings (SSSR count). The van der Waals surface area contributed by atoms with Crippen molar-refractivity contribution in [2.24, 2.45) is 0 Å². The van der Waals surface area contributed by atoms with E-state index in [2.05, 4.69) is 31.0 Å². The molecule has 0 aromatic carbocycles. The van der Waals surface area contributed by atoms with Crippen LogP contribution in [0.3, 0.4) is 0 Å². The van der Waals surface area contributed by atoms with E-state index in [0.29, 0.717) is 23.7 Å². The summed E-state index contributed by atoms with van der Waals surface area (Å²) in [4.78, 5) is 0. The molecule has 9 heteroatoms. The van der Waals surface area contributed by atoms with Crippen LogP contribution in [0.25, 0.3) is 0 Å². The van der Waals surface area contributed by atoms with Gasteiger partial charge >= 0.3 is 0 Å². The van der Waals surface area contributed by atoms with E-state index in [4.69, 9.17) is 0 Å². The van der Waals surface area contributed by atoms with Crippen molar-refractivity contribution in [1.29, 1.82) is 0 Å². The maximum atomic E-state index is 12.0. The van der Waals surface area contributed by atoms with Gasteiger partial charge in [0.25, 0.3) is 0 Å². The summed E-state index contributed by atoms with van der Waals surface area (Å²) < 4.78 is 29.4. The summed E-state index contributed by atoms with van der Waals surface area (Å²) in [5, 5.41) is 7.49. The van der Waals surface area contributed by atoms with Gasteiger partial charge in [-0.25, -0.2) is 13.1 Å². The van der Waals surface area contributed by atoms with Gasteiger partial charge in [0.1, 0.15) is 4.21 Å². The molecule has 104 valence electrons. The van der Waals surface area contributed by atoms with Crippen LogP contribution in [0.1, 0.15) is 12.0 Å². The second-order valence-corrected chi connectivity index (χ2v) is 8.30. The zero-order valence-electron chi connectivity index (χ0n) is 10.2. The molecular weight excluding hydrogens is 352 g/mol. The summed E-state index contributed by atoms with van der Waals surface area (Å²) in [6, 6.07) is 1.66. The number of aromatic nitrogens is 3. The lowest BCUT2D eigenvalue weighted by molar-refractivity contribution is 0.543. The molecule has 6 nitrogen and oxygen atoms in total. The Bertz CT molecular complexity index is 617. The molecule has 2 aromatic heterocycles. The molecule has 0 aliphatic carbocycles. The van der Waals surface area contributed by atoms with Crippen LogP contribution in [-0.2, 0) is 16.6 Å². The van der Waals surface area contributed by atoms with E-state index < -0.39 is 10.0 Å². The Morgan fingerprint density at radius 3 is 2.89 bits per heavy atom. The zero-order chi connectivity index (χ0) is 13.9. The first-order chi connectivity index (χ1) is 8.99. The van der Waals surface area contributed by atoms with Crippen molar-refractivity contribution < 1.29 is 8.42 Å². The lowest BCUT2D eigenvalue weighted by atomic mass is 10.4. The zero-order valence-corrected chi connectivity index (χ0v) is 13.4. The molecule has 19 heavy (non-hydrogen) atoms. The summed E-state index contributed by atoms with van der Waals surface area (Å²) in [6.45, 7) is 2.87. The molecular formula is C10H13BrN4O2S2. The molecule has 0 aliphatic heterocycles. The van der Waals surface area contributed by atoms with Gasteiger partial charge in [-0.3, -0.25) is 4.68 Å². The Morgan fingerprint density at radius 2 is 2.32 bits per heavy atom. The first kappa shape index (κ1) is 14.6. The number of nitrogens with one attached hydrogen (secondary N) is 1. The van der Waals surface area contributed by atoms with Gasteiger partial charge < -0.3 is 0 Å². The van der Waals surface area contributed by atoms with Crippen LogP contribution in [-0.4, -0.2) is 30.0 Å². The largest absolute Gasteiger partial charge is 0.253 e. The van der Waals surface area contributed by atoms with Crippen molar-refractivity contribution in [3.8, 4) is 0 Å². The van der Waals surface area contributed by atoms with Crippen LogP contribution in [0.4, 0.5) is 0 Å². The van der Waals surface area contributed by atoms with E-state index >= 15 is 0 Å². The average molecular weight is 365 g/mol. The third-order valence-electron chi connectivity index (χ3n) is 2.43. The van der Waals surface area contributed by atoms with Crippen molar-refractivity contribution in [2.75, 3.05) is 6.54 Å². The number of sulfonamides is 1. The summed E-state index contributed by atoms with van der Waals surface area (Å²) >= 11 is 4.54. The van der Waals surface area contributed by atoms with E-state index in [1.807, 2.05) is 6.92 Å². The molecule has 0 amide bonds. The minimum Gasteiger partial charge on any atom is -0.253 e. The fraction of sp³-hybridized carbons (Fsp3) is 0.400. The number of halogens is 1. The third-order valence-corrected chi connectivity index (χ3v) is 6.50. The molecule has 0 bridgehead atoms. The molecule has 2 aromatic rings. The quantitative estimate of drug-likeness (QED) is 0.792. The number of aryl methyl sites for hydroxylation is 2. The third kappa shape index (κ3) is 3.85. The molecule has 0 saturated carbocycles. The van der Waals surface area contributed by atoms with Crippen molar-refractivity contribution in [1.82, 2.24) is 19.7 Å². The first-order valence-corrected chi connectivity index (χ1v) is 8.68. The SMILES string of the molecule is Cc1cc(S(=O)(=O)NCCCn2ccnn2)sc1Br. The Kier molecular flexibility index (Phi) is 4.71. The van der Waals surface area contributed by atoms with Crippen molar-refractivity contribution in [2.45, 2.75) is 24.1 Å². The smallest absolute Gasteiger partial charge is 0.250 e. The van der Waals surface area contributed by atoms with Gasteiger partial charge in [-0.15, -0.1) is 16.4 Å². The monoisotopic (exact) mass is 364 g/mol. The topological polar surface area (TPSA) is 76.9 Å². The summed E-state index contributed by atoms with van der Waals surface area (Å²) in [7, 11) is -3.41. The van der Waals surface area contributed by atoms with E-state index in [1.165, 1.54) is 11.3 Å². The Balaban J connectivity index is 1.87. The molecule has 0 aliphatic rings. The molecule has 1 N–H and O–H groups in total. The van der Waals surface area contributed by atoms with Crippen LogP contribution < -0.4 is 4.72 Å². The number of hydrogen-bond acceptors (Lipinski definition) is 5. The van der Waals surface area contributed by atoms with Crippen molar-refractivity contribution >= 4 is 37.3 Å². The Labute approximate surface area is 124 Å². The lowest BCUT2D eigenvalue weighted by Crippen LogP contribution is -2.24. The van der Waals surface area contributed by atoms with Gasteiger partial charge in [-0.1, -0.05) is 5.21 Å². The van der Waals surface area contributed by atoms with Crippen LogP contribution in [0.5, 0.6) is 0 Å². The number of hydrogen-bond donors (Lipinski definition) is 1. The fourth-order valence-corrected chi connectivity index (χ4v) is 4.78. The average Bonchev–Trinajstić information content (AvgIpc) is 2.96. The molecule has 0 spiro atoms. The number of thiophene rings is 1. The van der Waals surface area contributed by atoms with Gasteiger partial charge in [-0.05, 0) is 40.9 Å². The molecule has 2 heterocycles. The van der Waals surface area contributed by atoms with Crippen LogP contribution in [0.2, 0.25) is 0 Å². The summed E-state index contributed by atoms with van der Waals surface area (Å²) in [5.74, 6) is 0. The van der Waals surface area contributed by atoms with Crippen molar-refractivity contribution in [3.63, 3.8) is 0 Å². The van der Waals surface area contributed by atoms with Crippen LogP contribution in [0, 0.1) is 6.92 Å². The number of nitrogens with zero attached hydrogens (tertiary/aromatic N) is 3. The summed E-state index contributed by atoms with van der Waals surface area (Å²) in [5.41, 5.74) is 0.924. The van der Waals surface area contributed by atoms with Crippen molar-refractivity contribution in [3.05, 3.63) is 27.8 Å². The summed E-state index contributed by atoms with van der Waals surface area (Å²) in [6.07, 6.45) is 4.00. The first-order valence-electron chi connectivity index (χ1n) is 5.59. The van der Waals surface area contributed by atoms with E-state index in [0.717, 1.165) is 9.35 Å². The van der Waals surface area contributed by atoms with E-state index in [9.17, 15) is 8.42 Å². The molecule has 0 atom stereocenters. The highest BCUT2D eigenvalue weighted by molar-refractivity contribution is 9.11. The van der Waals surface area contributed by atoms with Gasteiger partial charge in [0.05, 0.1) is 9.98 Å². The standard InChI is InChI=1S/C10H13BrN4O2S2/c1-8-7-9(18-10(8)11)19(16,17)13-3-2-5-15-6-4-12-14-15/h4,6-7,13H,2-3,5H2,1H3. The van der Waals surface area contributed by atoms with E-state index in [-0.39, 0.29) is 0 Å². The predicted octanol–water partition coefficient (Wildman–Crippen LogP) is 1.78. The highest BCUT2D eigenvalue weighted by Crippen LogP contribution is 2.30. The minimum atomic E-state index is -3.41. The highest BCUT2D eigenvalue weighted by Gasteiger charge is 2.17. The lowest BCUT2D eigenvalue weighted by Gasteiger charge is -2.04. The van der Waals surface area contributed by atoms with Gasteiger partial charge in [0.15, 0.2) is 0 Å². The molecule has 0 unspecified atom stereocenters. The predicted molar refractivity (Wildman–Crippen MR) is 76.6 cm³/mol. The fourth-order valence-electron chi connectivity index (χ4n) is 1.43. The van der Waals surface area contributed by atoms with Gasteiger partial charge in [0, 0.05) is 19.3 Å². The highest BCUT2D eigenvalue weighted by atomic mass is 79.9. The van der Waals surface area contributed by atoms with Gasteiger partial charge in [-0.2, -0.15) is 0 Å².